The van der Waals surface area contributed by atoms with Crippen molar-refractivity contribution in [2.75, 3.05) is 46.0 Å². The summed E-state index contributed by atoms with van der Waals surface area (Å²) in [4.78, 5) is 17.6. The summed E-state index contributed by atoms with van der Waals surface area (Å²) in [6.07, 6.45) is 15.3. The molecule has 3 unspecified atom stereocenters. The van der Waals surface area contributed by atoms with Crippen LogP contribution in [-0.4, -0.2) is 115 Å². The number of carbonyl (C=O) groups is 1. The zero-order chi connectivity index (χ0) is 38.5. The van der Waals surface area contributed by atoms with E-state index >= 15 is 0 Å². The molecule has 0 radical (unpaired) electrons. The van der Waals surface area contributed by atoms with Crippen LogP contribution in [-0.2, 0) is 28.5 Å². The van der Waals surface area contributed by atoms with E-state index in [9.17, 15) is 9.90 Å². The molecule has 0 aromatic heterocycles. The molecule has 10 aliphatic rings. The van der Waals surface area contributed by atoms with Gasteiger partial charge in [0.25, 0.3) is 0 Å². The van der Waals surface area contributed by atoms with Gasteiger partial charge in [-0.1, -0.05) is 46.8 Å². The van der Waals surface area contributed by atoms with E-state index in [0.717, 1.165) is 51.7 Å². The minimum atomic E-state index is -1.18. The van der Waals surface area contributed by atoms with Crippen LogP contribution in [0.2, 0.25) is 0 Å². The first-order valence-corrected chi connectivity index (χ1v) is 22.7. The van der Waals surface area contributed by atoms with Gasteiger partial charge in [0.1, 0.15) is 0 Å². The van der Waals surface area contributed by atoms with Gasteiger partial charge in [-0.05, 0) is 123 Å². The Morgan fingerprint density at radius 1 is 0.927 bits per heavy atom. The molecule has 10 rings (SSSR count). The predicted octanol–water partition coefficient (Wildman–Crippen LogP) is 6.46. The quantitative estimate of drug-likeness (QED) is 0.232. The number of carbonyl (C=O) groups excluding carboxylic acids is 1. The molecule has 9 fully saturated rings. The van der Waals surface area contributed by atoms with Crippen LogP contribution in [0, 0.1) is 62.6 Å². The zero-order valence-corrected chi connectivity index (χ0v) is 35.3. The third-order valence-corrected chi connectivity index (χ3v) is 19.5. The first-order valence-electron chi connectivity index (χ1n) is 22.7. The molecule has 4 heterocycles. The van der Waals surface area contributed by atoms with Crippen molar-refractivity contribution < 1.29 is 33.6 Å². The molecule has 0 amide bonds. The third-order valence-electron chi connectivity index (χ3n) is 19.5. The second kappa shape index (κ2) is 12.7. The zero-order valence-electron chi connectivity index (χ0n) is 35.3. The number of nitrogens with zero attached hydrogens (tertiary/aromatic N) is 2. The van der Waals surface area contributed by atoms with Crippen molar-refractivity contribution in [3.63, 3.8) is 0 Å². The van der Waals surface area contributed by atoms with E-state index in [1.165, 1.54) is 65.0 Å². The molecule has 9 heteroatoms. The van der Waals surface area contributed by atoms with Crippen molar-refractivity contribution >= 4 is 5.97 Å². The summed E-state index contributed by atoms with van der Waals surface area (Å²) in [5, 5.41) is 11.2. The highest BCUT2D eigenvalue weighted by molar-refractivity contribution is 5.66. The largest absolute Gasteiger partial charge is 0.457 e. The summed E-state index contributed by atoms with van der Waals surface area (Å²) >= 11 is 0. The van der Waals surface area contributed by atoms with Crippen LogP contribution >= 0.6 is 0 Å². The number of esters is 1. The van der Waals surface area contributed by atoms with Gasteiger partial charge in [0.15, 0.2) is 12.4 Å². The first-order chi connectivity index (χ1) is 26.1. The molecule has 9 nitrogen and oxygen atoms in total. The number of aliphatic hydroxyl groups is 1. The molecule has 5 saturated carbocycles. The smallest absolute Gasteiger partial charge is 0.303 e. The van der Waals surface area contributed by atoms with Gasteiger partial charge in [-0.15, -0.1) is 0 Å². The molecule has 0 bridgehead atoms. The van der Waals surface area contributed by atoms with Crippen LogP contribution in [0.1, 0.15) is 113 Å². The van der Waals surface area contributed by atoms with E-state index in [4.69, 9.17) is 23.7 Å². The Kier molecular flexibility index (Phi) is 8.82. The summed E-state index contributed by atoms with van der Waals surface area (Å²) in [6.45, 7) is 24.7. The summed E-state index contributed by atoms with van der Waals surface area (Å²) in [5.74, 6) is 2.97. The number of likely N-dealkylation sites (tertiary alicyclic amines) is 1. The Labute approximate surface area is 330 Å². The number of allylic oxidation sites excluding steroid dienone is 1. The molecular formula is C46H72N2O7. The maximum absolute atomic E-state index is 12.2. The third kappa shape index (κ3) is 5.05. The van der Waals surface area contributed by atoms with E-state index in [-0.39, 0.29) is 46.8 Å². The average molecular weight is 765 g/mol. The number of hydrogen-bond donors (Lipinski definition) is 1. The fourth-order valence-electron chi connectivity index (χ4n) is 17.2. The summed E-state index contributed by atoms with van der Waals surface area (Å²) in [7, 11) is 0. The Morgan fingerprint density at radius 3 is 2.31 bits per heavy atom. The lowest BCUT2D eigenvalue weighted by Gasteiger charge is -2.66. The number of ether oxygens (including phenoxy) is 5. The minimum Gasteiger partial charge on any atom is -0.457 e. The highest BCUT2D eigenvalue weighted by Crippen LogP contribution is 2.93. The molecule has 0 aromatic carbocycles. The van der Waals surface area contributed by atoms with Crippen molar-refractivity contribution in [2.45, 2.75) is 162 Å². The molecule has 15 atom stereocenters. The van der Waals surface area contributed by atoms with Crippen LogP contribution in [0.4, 0.5) is 0 Å². The second-order valence-corrected chi connectivity index (χ2v) is 22.0. The highest BCUT2D eigenvalue weighted by Gasteiger charge is 2.89. The van der Waals surface area contributed by atoms with Gasteiger partial charge >= 0.3 is 5.97 Å². The fraction of sp³-hybridized carbons (Fsp3) is 0.935. The van der Waals surface area contributed by atoms with Crippen molar-refractivity contribution in [3.8, 4) is 0 Å². The Balaban J connectivity index is 0.858. The highest BCUT2D eigenvalue weighted by atomic mass is 16.7. The molecule has 55 heavy (non-hydrogen) atoms. The Morgan fingerprint density at radius 2 is 1.65 bits per heavy atom. The monoisotopic (exact) mass is 765 g/mol. The maximum atomic E-state index is 12.2. The SMILES string of the molecule is CC(=O)O[C@@H](C1C[C@@H](C)[C@H]2C(O1)[C@@H]1C=C[C@@]13C1CC[C@H]4C(C)(C)[C@@H](O[C@H]5CN(C6CCN(C7COC7)CC6)CCO5)CC[C@@]45[C@@H](C)[C@@]15CC[C@]23C)C(C)(C)O. The van der Waals surface area contributed by atoms with Crippen molar-refractivity contribution in [3.05, 3.63) is 12.2 Å². The number of fused-ring (bicyclic) bond motifs is 3. The van der Waals surface area contributed by atoms with Crippen molar-refractivity contribution in [1.82, 2.24) is 9.80 Å². The van der Waals surface area contributed by atoms with Gasteiger partial charge in [-0.2, -0.15) is 0 Å². The molecule has 4 saturated heterocycles. The molecule has 0 aromatic rings. The summed E-state index contributed by atoms with van der Waals surface area (Å²) in [6, 6.07) is 1.28. The average Bonchev–Trinajstić information content (AvgIpc) is 3.57. The standard InChI is InChI=1S/C46H72N2O7/c1-27-23-33(40(42(6,7)50)53-29(3)49)54-39-32-11-15-46(32)35-10-9-34-41(4,5)36(12-16-44(34)28(2)45(35,44)18-17-43(46,8)38(27)39)55-37-24-48(21-22-52-37)30-13-19-47(20-14-30)31-25-51-26-31/h11,15,27-28,30-40,50H,9-10,12-14,16-26H2,1-8H3/t27-,28-,32+,33?,34+,35?,36+,37+,38+,39?,40+,43-,44-,45+,46+/m1/s1. The first kappa shape index (κ1) is 38.2. The Bertz CT molecular complexity index is 1550. The maximum Gasteiger partial charge on any atom is 0.303 e. The van der Waals surface area contributed by atoms with Crippen LogP contribution in [0.5, 0.6) is 0 Å². The van der Waals surface area contributed by atoms with E-state index in [2.05, 4.69) is 56.6 Å². The van der Waals surface area contributed by atoms with Crippen LogP contribution < -0.4 is 0 Å². The Hall–Kier alpha value is -1.07. The van der Waals surface area contributed by atoms with E-state index in [0.29, 0.717) is 52.5 Å². The lowest BCUT2D eigenvalue weighted by molar-refractivity contribution is -0.250. The van der Waals surface area contributed by atoms with Crippen LogP contribution in [0.25, 0.3) is 0 Å². The lowest BCUT2D eigenvalue weighted by Crippen LogP contribution is -2.61. The topological polar surface area (TPSA) is 89.9 Å². The van der Waals surface area contributed by atoms with E-state index in [1.54, 1.807) is 13.8 Å². The minimum absolute atomic E-state index is 0.0907. The van der Waals surface area contributed by atoms with Gasteiger partial charge in [0.2, 0.25) is 0 Å². The fourth-order valence-corrected chi connectivity index (χ4v) is 17.2. The van der Waals surface area contributed by atoms with Gasteiger partial charge in [0, 0.05) is 50.5 Å². The number of piperidine rings is 1. The van der Waals surface area contributed by atoms with Gasteiger partial charge < -0.3 is 28.8 Å². The van der Waals surface area contributed by atoms with Crippen molar-refractivity contribution in [1.29, 1.82) is 0 Å². The molecule has 3 spiro atoms. The summed E-state index contributed by atoms with van der Waals surface area (Å²) in [5.41, 5.74) is 0.00556. The summed E-state index contributed by atoms with van der Waals surface area (Å²) < 4.78 is 32.0. The van der Waals surface area contributed by atoms with Crippen LogP contribution in [0.15, 0.2) is 12.2 Å². The normalized spacial score (nSPS) is 51.2. The molecular weight excluding hydrogens is 693 g/mol. The van der Waals surface area contributed by atoms with Gasteiger partial charge in [-0.3, -0.25) is 14.6 Å². The molecule has 308 valence electrons. The molecule has 6 aliphatic carbocycles. The molecule has 1 N–H and O–H groups in total. The van der Waals surface area contributed by atoms with Gasteiger partial charge in [-0.25, -0.2) is 0 Å². The van der Waals surface area contributed by atoms with Crippen LogP contribution in [0.3, 0.4) is 0 Å². The van der Waals surface area contributed by atoms with E-state index < -0.39 is 11.7 Å². The molecule has 4 aliphatic heterocycles. The number of hydrogen-bond acceptors (Lipinski definition) is 9. The second-order valence-electron chi connectivity index (χ2n) is 22.0. The van der Waals surface area contributed by atoms with Gasteiger partial charge in [0.05, 0.1) is 49.8 Å². The van der Waals surface area contributed by atoms with E-state index in [1.807, 2.05) is 0 Å². The lowest BCUT2D eigenvalue weighted by atomic mass is 9.38. The number of morpholine rings is 1. The predicted molar refractivity (Wildman–Crippen MR) is 209 cm³/mol. The number of rotatable bonds is 7. The van der Waals surface area contributed by atoms with Crippen molar-refractivity contribution in [2.24, 2.45) is 62.6 Å².